The van der Waals surface area contributed by atoms with Crippen molar-refractivity contribution in [3.8, 4) is 0 Å². The Kier molecular flexibility index (Phi) is 3.18. The van der Waals surface area contributed by atoms with Crippen molar-refractivity contribution in [1.82, 2.24) is 4.57 Å². The first-order valence-electron chi connectivity index (χ1n) is 6.85. The third-order valence-corrected chi connectivity index (χ3v) is 3.75. The van der Waals surface area contributed by atoms with E-state index in [1.54, 1.807) is 29.7 Å². The van der Waals surface area contributed by atoms with Gasteiger partial charge in [-0.3, -0.25) is 14.2 Å². The van der Waals surface area contributed by atoms with Gasteiger partial charge in [0.2, 0.25) is 0 Å². The van der Waals surface area contributed by atoms with Gasteiger partial charge >= 0.3 is 0 Å². The van der Waals surface area contributed by atoms with Crippen molar-refractivity contribution < 1.29 is 4.79 Å². The second kappa shape index (κ2) is 5.02. The van der Waals surface area contributed by atoms with Crippen LogP contribution in [0.2, 0.25) is 0 Å². The molecule has 0 unspecified atom stereocenters. The molecule has 0 aliphatic heterocycles. The van der Waals surface area contributed by atoms with E-state index in [4.69, 9.17) is 0 Å². The molecule has 0 bridgehead atoms. The van der Waals surface area contributed by atoms with Gasteiger partial charge in [-0.1, -0.05) is 30.3 Å². The Hall–Kier alpha value is -2.68. The number of carbonyl (C=O) groups is 1. The Bertz CT molecular complexity index is 888. The number of aromatic nitrogens is 1. The van der Waals surface area contributed by atoms with Crippen LogP contribution in [0, 0.1) is 0 Å². The molecule has 3 nitrogen and oxygen atoms in total. The largest absolute Gasteiger partial charge is 0.288 e. The maximum absolute atomic E-state index is 12.7. The molecule has 104 valence electrons. The van der Waals surface area contributed by atoms with E-state index in [0.29, 0.717) is 27.4 Å². The number of nitrogens with zero attached hydrogens (tertiary/aromatic N) is 1. The molecule has 0 aliphatic carbocycles. The van der Waals surface area contributed by atoms with Crippen molar-refractivity contribution in [2.75, 3.05) is 0 Å². The number of allylic oxidation sites excluding steroid dienone is 2. The molecule has 21 heavy (non-hydrogen) atoms. The van der Waals surface area contributed by atoms with Crippen LogP contribution in [0.5, 0.6) is 0 Å². The van der Waals surface area contributed by atoms with E-state index < -0.39 is 0 Å². The molecule has 1 aromatic heterocycles. The molecule has 0 saturated heterocycles. The Labute approximate surface area is 122 Å². The van der Waals surface area contributed by atoms with Crippen molar-refractivity contribution in [1.29, 1.82) is 0 Å². The monoisotopic (exact) mass is 277 g/mol. The maximum Gasteiger partial charge on any atom is 0.258 e. The van der Waals surface area contributed by atoms with Crippen molar-refractivity contribution >= 4 is 27.7 Å². The minimum Gasteiger partial charge on any atom is -0.288 e. The smallest absolute Gasteiger partial charge is 0.258 e. The highest BCUT2D eigenvalue weighted by Gasteiger charge is 2.15. The van der Waals surface area contributed by atoms with Gasteiger partial charge in [-0.05, 0) is 38.1 Å². The van der Waals surface area contributed by atoms with E-state index >= 15 is 0 Å². The molecule has 2 aromatic carbocycles. The molecule has 1 heterocycles. The molecular weight excluding hydrogens is 262 g/mol. The van der Waals surface area contributed by atoms with Crippen LogP contribution >= 0.6 is 0 Å². The van der Waals surface area contributed by atoms with Gasteiger partial charge in [0.1, 0.15) is 0 Å². The first-order valence-corrected chi connectivity index (χ1v) is 6.85. The van der Waals surface area contributed by atoms with Gasteiger partial charge in [0.25, 0.3) is 5.91 Å². The molecule has 3 heteroatoms. The molecule has 0 aliphatic rings. The number of hydrogen-bond donors (Lipinski definition) is 0. The van der Waals surface area contributed by atoms with E-state index in [0.717, 1.165) is 0 Å². The highest BCUT2D eigenvalue weighted by molar-refractivity contribution is 6.07. The van der Waals surface area contributed by atoms with Crippen LogP contribution in [0.25, 0.3) is 21.8 Å². The van der Waals surface area contributed by atoms with Crippen LogP contribution in [0.3, 0.4) is 0 Å². The second-order valence-corrected chi connectivity index (χ2v) is 4.98. The quantitative estimate of drug-likeness (QED) is 0.502. The summed E-state index contributed by atoms with van der Waals surface area (Å²) in [7, 11) is 0. The molecule has 0 N–H and O–H groups in total. The summed E-state index contributed by atoms with van der Waals surface area (Å²) in [6.45, 7) is 3.62. The van der Waals surface area contributed by atoms with Gasteiger partial charge in [-0.25, -0.2) is 0 Å². The molecule has 0 radical (unpaired) electrons. The van der Waals surface area contributed by atoms with Gasteiger partial charge in [-0.15, -0.1) is 0 Å². The van der Waals surface area contributed by atoms with Gasteiger partial charge in [-0.2, -0.15) is 0 Å². The topological polar surface area (TPSA) is 39.1 Å². The minimum absolute atomic E-state index is 0.0385. The van der Waals surface area contributed by atoms with Gasteiger partial charge in [0.05, 0.1) is 11.0 Å². The van der Waals surface area contributed by atoms with Crippen LogP contribution in [0.4, 0.5) is 0 Å². The van der Waals surface area contributed by atoms with E-state index in [1.165, 1.54) is 0 Å². The summed E-state index contributed by atoms with van der Waals surface area (Å²) in [5, 5.41) is 1.13. The van der Waals surface area contributed by atoms with Crippen LogP contribution < -0.4 is 5.43 Å². The highest BCUT2D eigenvalue weighted by atomic mass is 16.2. The zero-order chi connectivity index (χ0) is 15.0. The molecule has 0 amide bonds. The Morgan fingerprint density at radius 3 is 1.90 bits per heavy atom. The lowest BCUT2D eigenvalue weighted by molar-refractivity contribution is 0.0964. The fourth-order valence-corrected chi connectivity index (χ4v) is 2.51. The predicted molar refractivity (Wildman–Crippen MR) is 85.8 cm³/mol. The van der Waals surface area contributed by atoms with E-state index in [1.807, 2.05) is 43.3 Å². The lowest BCUT2D eigenvalue weighted by Crippen LogP contribution is -2.18. The first-order chi connectivity index (χ1) is 10.1. The third kappa shape index (κ3) is 1.98. The number of rotatable bonds is 1. The van der Waals surface area contributed by atoms with Crippen LogP contribution in [-0.4, -0.2) is 10.5 Å². The average Bonchev–Trinajstić information content (AvgIpc) is 2.54. The normalized spacial score (nSPS) is 12.0. The third-order valence-electron chi connectivity index (χ3n) is 3.75. The molecule has 3 aromatic rings. The number of hydrogen-bond acceptors (Lipinski definition) is 2. The molecule has 0 fully saturated rings. The summed E-state index contributed by atoms with van der Waals surface area (Å²) in [6.07, 6.45) is 1.78. The highest BCUT2D eigenvalue weighted by Crippen LogP contribution is 2.20. The van der Waals surface area contributed by atoms with Crippen molar-refractivity contribution in [3.63, 3.8) is 0 Å². The molecular formula is C18H15NO2. The molecule has 0 atom stereocenters. The fraction of sp³-hybridized carbons (Fsp3) is 0.111. The number of pyridine rings is 1. The number of benzene rings is 2. The van der Waals surface area contributed by atoms with Crippen LogP contribution in [0.1, 0.15) is 18.6 Å². The van der Waals surface area contributed by atoms with E-state index in [-0.39, 0.29) is 11.3 Å². The average molecular weight is 277 g/mol. The Morgan fingerprint density at radius 2 is 1.43 bits per heavy atom. The molecule has 0 saturated carbocycles. The summed E-state index contributed by atoms with van der Waals surface area (Å²) < 4.78 is 1.63. The van der Waals surface area contributed by atoms with Crippen LogP contribution in [-0.2, 0) is 0 Å². The molecule has 3 rings (SSSR count). The number of carbonyl (C=O) groups excluding carboxylic acids is 1. The zero-order valence-corrected chi connectivity index (χ0v) is 12.0. The second-order valence-electron chi connectivity index (χ2n) is 4.98. The van der Waals surface area contributed by atoms with Crippen molar-refractivity contribution in [2.24, 2.45) is 0 Å². The lowest BCUT2D eigenvalue weighted by atomic mass is 10.1. The van der Waals surface area contributed by atoms with E-state index in [2.05, 4.69) is 0 Å². The Morgan fingerprint density at radius 1 is 0.952 bits per heavy atom. The fourth-order valence-electron chi connectivity index (χ4n) is 2.51. The maximum atomic E-state index is 12.7. The summed E-state index contributed by atoms with van der Waals surface area (Å²) in [6, 6.07) is 14.5. The first kappa shape index (κ1) is 13.3. The summed E-state index contributed by atoms with van der Waals surface area (Å²) in [5.74, 6) is -0.107. The standard InChI is InChI=1S/C18H15NO2/c1-3-12(2)18(21)19-15-10-6-4-8-13(15)17(20)14-9-5-7-11-16(14)19/h3-11H,1-2H3/b12-3+. The summed E-state index contributed by atoms with van der Waals surface area (Å²) in [4.78, 5) is 25.3. The van der Waals surface area contributed by atoms with Gasteiger partial charge in [0.15, 0.2) is 5.43 Å². The van der Waals surface area contributed by atoms with Crippen molar-refractivity contribution in [2.45, 2.75) is 13.8 Å². The molecule has 0 spiro atoms. The van der Waals surface area contributed by atoms with Gasteiger partial charge < -0.3 is 0 Å². The van der Waals surface area contributed by atoms with Crippen LogP contribution in [0.15, 0.2) is 65.0 Å². The van der Waals surface area contributed by atoms with Crippen molar-refractivity contribution in [3.05, 3.63) is 70.4 Å². The minimum atomic E-state index is -0.107. The summed E-state index contributed by atoms with van der Waals surface area (Å²) in [5.41, 5.74) is 1.90. The summed E-state index contributed by atoms with van der Waals surface area (Å²) >= 11 is 0. The van der Waals surface area contributed by atoms with Gasteiger partial charge in [0, 0.05) is 16.3 Å². The SMILES string of the molecule is C/C=C(\C)C(=O)n1c2ccccc2c(=O)c2ccccc21. The van der Waals surface area contributed by atoms with E-state index in [9.17, 15) is 9.59 Å². The predicted octanol–water partition coefficient (Wildman–Crippen LogP) is 3.76. The number of fused-ring (bicyclic) bond motifs is 2. The number of para-hydroxylation sites is 2. The zero-order valence-electron chi connectivity index (χ0n) is 12.0. The lowest BCUT2D eigenvalue weighted by Gasteiger charge is -2.13. The Balaban J connectivity index is 2.58.